The molecule has 1 fully saturated rings. The van der Waals surface area contributed by atoms with Crippen LogP contribution in [0.25, 0.3) is 0 Å². The molecule has 1 aliphatic carbocycles. The van der Waals surface area contributed by atoms with Gasteiger partial charge in [0.15, 0.2) is 0 Å². The summed E-state index contributed by atoms with van der Waals surface area (Å²) in [7, 11) is 1.71. The zero-order chi connectivity index (χ0) is 12.5. The quantitative estimate of drug-likeness (QED) is 0.928. The van der Waals surface area contributed by atoms with Crippen molar-refractivity contribution in [1.29, 1.82) is 0 Å². The molecule has 0 bridgehead atoms. The Bertz CT molecular complexity index is 381. The summed E-state index contributed by atoms with van der Waals surface area (Å²) in [6.45, 7) is 0. The van der Waals surface area contributed by atoms with E-state index in [1.54, 1.807) is 7.11 Å². The van der Waals surface area contributed by atoms with Crippen LogP contribution in [0, 0.1) is 5.82 Å². The minimum Gasteiger partial charge on any atom is -0.377 e. The molecule has 1 aromatic carbocycles. The Morgan fingerprint density at radius 3 is 2.65 bits per heavy atom. The van der Waals surface area contributed by atoms with E-state index in [0.29, 0.717) is 6.42 Å². The van der Waals surface area contributed by atoms with Crippen LogP contribution in [-0.2, 0) is 11.2 Å². The average Bonchev–Trinajstić information content (AvgIpc) is 2.14. The highest BCUT2D eigenvalue weighted by Gasteiger charge is 2.42. The van der Waals surface area contributed by atoms with Crippen molar-refractivity contribution in [3.63, 3.8) is 0 Å². The number of hydrogen-bond acceptors (Lipinski definition) is 2. The van der Waals surface area contributed by atoms with E-state index >= 15 is 0 Å². The molecule has 0 aromatic heterocycles. The van der Waals surface area contributed by atoms with E-state index in [-0.39, 0.29) is 17.5 Å². The Balaban J connectivity index is 2.09. The first-order valence-corrected chi connectivity index (χ1v) is 6.61. The molecule has 2 nitrogen and oxygen atoms in total. The van der Waals surface area contributed by atoms with Crippen LogP contribution >= 0.6 is 15.9 Å². The van der Waals surface area contributed by atoms with Crippen LogP contribution in [0.15, 0.2) is 22.7 Å². The summed E-state index contributed by atoms with van der Waals surface area (Å²) in [6.07, 6.45) is 3.81. The molecule has 0 aliphatic heterocycles. The molecule has 94 valence electrons. The van der Waals surface area contributed by atoms with Crippen molar-refractivity contribution in [2.45, 2.75) is 37.3 Å². The van der Waals surface area contributed by atoms with Crippen LogP contribution in [0.4, 0.5) is 4.39 Å². The van der Waals surface area contributed by atoms with Gasteiger partial charge in [0.1, 0.15) is 5.82 Å². The smallest absolute Gasteiger partial charge is 0.124 e. The van der Waals surface area contributed by atoms with Gasteiger partial charge in [-0.25, -0.2) is 4.39 Å². The number of rotatable bonds is 4. The molecule has 0 radical (unpaired) electrons. The van der Waals surface area contributed by atoms with Gasteiger partial charge in [0, 0.05) is 17.6 Å². The molecule has 1 aliphatic rings. The maximum atomic E-state index is 13.3. The topological polar surface area (TPSA) is 35.2 Å². The SMILES string of the molecule is COC1(C(N)Cc2cc(F)cc(Br)c2)CCC1. The van der Waals surface area contributed by atoms with Gasteiger partial charge in [0.2, 0.25) is 0 Å². The van der Waals surface area contributed by atoms with Crippen molar-refractivity contribution >= 4 is 15.9 Å². The summed E-state index contributed by atoms with van der Waals surface area (Å²) in [4.78, 5) is 0. The monoisotopic (exact) mass is 301 g/mol. The van der Waals surface area contributed by atoms with Gasteiger partial charge in [-0.1, -0.05) is 15.9 Å². The molecular formula is C13H17BrFNO. The highest BCUT2D eigenvalue weighted by molar-refractivity contribution is 9.10. The minimum absolute atomic E-state index is 0.0741. The first kappa shape index (κ1) is 13.0. The largest absolute Gasteiger partial charge is 0.377 e. The molecule has 4 heteroatoms. The zero-order valence-corrected chi connectivity index (χ0v) is 11.5. The summed E-state index contributed by atoms with van der Waals surface area (Å²) < 4.78 is 19.5. The molecule has 0 heterocycles. The number of benzene rings is 1. The maximum Gasteiger partial charge on any atom is 0.124 e. The van der Waals surface area contributed by atoms with Gasteiger partial charge in [-0.3, -0.25) is 0 Å². The van der Waals surface area contributed by atoms with Crippen LogP contribution in [0.5, 0.6) is 0 Å². The first-order chi connectivity index (χ1) is 8.05. The Hall–Kier alpha value is -0.450. The lowest BCUT2D eigenvalue weighted by molar-refractivity contribution is -0.0897. The first-order valence-electron chi connectivity index (χ1n) is 5.81. The summed E-state index contributed by atoms with van der Waals surface area (Å²) in [5, 5.41) is 0. The van der Waals surface area contributed by atoms with Crippen molar-refractivity contribution in [2.75, 3.05) is 7.11 Å². The fourth-order valence-corrected chi connectivity index (χ4v) is 2.93. The van der Waals surface area contributed by atoms with Crippen LogP contribution in [0.3, 0.4) is 0 Å². The maximum absolute atomic E-state index is 13.3. The standard InChI is InChI=1S/C13H17BrFNO/c1-17-13(3-2-4-13)12(16)7-9-5-10(14)8-11(15)6-9/h5-6,8,12H,2-4,7,16H2,1H3. The fourth-order valence-electron chi connectivity index (χ4n) is 2.42. The highest BCUT2D eigenvalue weighted by Crippen LogP contribution is 2.38. The van der Waals surface area contributed by atoms with Crippen LogP contribution in [-0.4, -0.2) is 18.8 Å². The number of hydrogen-bond donors (Lipinski definition) is 1. The van der Waals surface area contributed by atoms with Crippen LogP contribution < -0.4 is 5.73 Å². The second-order valence-corrected chi connectivity index (χ2v) is 5.63. The molecule has 1 aromatic rings. The molecular weight excluding hydrogens is 285 g/mol. The highest BCUT2D eigenvalue weighted by atomic mass is 79.9. The second-order valence-electron chi connectivity index (χ2n) is 4.71. The molecule has 1 saturated carbocycles. The van der Waals surface area contributed by atoms with E-state index in [1.807, 2.05) is 6.07 Å². The normalized spacial score (nSPS) is 19.8. The van der Waals surface area contributed by atoms with E-state index < -0.39 is 0 Å². The minimum atomic E-state index is -0.235. The Kier molecular flexibility index (Phi) is 3.85. The molecule has 2 rings (SSSR count). The van der Waals surface area contributed by atoms with Gasteiger partial charge in [-0.15, -0.1) is 0 Å². The third-order valence-corrected chi connectivity index (χ3v) is 4.12. The Morgan fingerprint density at radius 2 is 2.18 bits per heavy atom. The van der Waals surface area contributed by atoms with Crippen LogP contribution in [0.2, 0.25) is 0 Å². The lowest BCUT2D eigenvalue weighted by Crippen LogP contribution is -2.55. The zero-order valence-electron chi connectivity index (χ0n) is 9.88. The van der Waals surface area contributed by atoms with E-state index in [0.717, 1.165) is 29.3 Å². The fraction of sp³-hybridized carbons (Fsp3) is 0.538. The number of nitrogens with two attached hydrogens (primary N) is 1. The molecule has 0 amide bonds. The predicted molar refractivity (Wildman–Crippen MR) is 69.4 cm³/mol. The van der Waals surface area contributed by atoms with Gasteiger partial charge < -0.3 is 10.5 Å². The third-order valence-electron chi connectivity index (χ3n) is 3.66. The molecule has 0 saturated heterocycles. The Labute approximate surface area is 109 Å². The van der Waals surface area contributed by atoms with Gasteiger partial charge in [-0.2, -0.15) is 0 Å². The molecule has 1 unspecified atom stereocenters. The molecule has 2 N–H and O–H groups in total. The van der Waals surface area contributed by atoms with E-state index in [4.69, 9.17) is 10.5 Å². The van der Waals surface area contributed by atoms with Crippen molar-refractivity contribution < 1.29 is 9.13 Å². The van der Waals surface area contributed by atoms with Gasteiger partial charge in [0.05, 0.1) is 5.60 Å². The van der Waals surface area contributed by atoms with Crippen molar-refractivity contribution in [3.05, 3.63) is 34.1 Å². The summed E-state index contributed by atoms with van der Waals surface area (Å²) in [5.74, 6) is -0.235. The Morgan fingerprint density at radius 1 is 1.47 bits per heavy atom. The van der Waals surface area contributed by atoms with Crippen molar-refractivity contribution in [1.82, 2.24) is 0 Å². The van der Waals surface area contributed by atoms with E-state index in [9.17, 15) is 4.39 Å². The third kappa shape index (κ3) is 2.69. The predicted octanol–water partition coefficient (Wildman–Crippen LogP) is 3.03. The molecule has 0 spiro atoms. The van der Waals surface area contributed by atoms with Gasteiger partial charge in [-0.05, 0) is 49.4 Å². The number of methoxy groups -OCH3 is 1. The van der Waals surface area contributed by atoms with Gasteiger partial charge in [0.25, 0.3) is 0 Å². The van der Waals surface area contributed by atoms with Crippen molar-refractivity contribution in [2.24, 2.45) is 5.73 Å². The van der Waals surface area contributed by atoms with Crippen molar-refractivity contribution in [3.8, 4) is 0 Å². The number of halogens is 2. The molecule has 17 heavy (non-hydrogen) atoms. The summed E-state index contributed by atoms with van der Waals surface area (Å²) >= 11 is 3.29. The lowest BCUT2D eigenvalue weighted by atomic mass is 9.73. The van der Waals surface area contributed by atoms with Gasteiger partial charge >= 0.3 is 0 Å². The second kappa shape index (κ2) is 5.04. The summed E-state index contributed by atoms with van der Waals surface area (Å²) in [6, 6.07) is 4.82. The van der Waals surface area contributed by atoms with Crippen LogP contribution in [0.1, 0.15) is 24.8 Å². The van der Waals surface area contributed by atoms with E-state index in [1.165, 1.54) is 12.1 Å². The summed E-state index contributed by atoms with van der Waals surface area (Å²) in [5.41, 5.74) is 6.91. The number of ether oxygens (including phenoxy) is 1. The lowest BCUT2D eigenvalue weighted by Gasteiger charge is -2.45. The molecule has 1 atom stereocenters. The average molecular weight is 302 g/mol. The van der Waals surface area contributed by atoms with E-state index in [2.05, 4.69) is 15.9 Å².